The predicted molar refractivity (Wildman–Crippen MR) is 103 cm³/mol. The maximum atomic E-state index is 4.18. The second-order valence-electron chi connectivity index (χ2n) is 6.80. The molecule has 0 atom stereocenters. The largest absolute Gasteiger partial charge is 0.337 e. The van der Waals surface area contributed by atoms with E-state index in [1.54, 1.807) is 0 Å². The van der Waals surface area contributed by atoms with Crippen LogP contribution in [0.3, 0.4) is 0 Å². The van der Waals surface area contributed by atoms with Crippen LogP contribution in [0.2, 0.25) is 0 Å². The predicted octanol–water partition coefficient (Wildman–Crippen LogP) is 4.95. The number of nitrogens with zero attached hydrogens (tertiary/aromatic N) is 2. The lowest BCUT2D eigenvalue weighted by atomic mass is 10.00. The first kappa shape index (κ1) is 17.0. The molecule has 0 bridgehead atoms. The van der Waals surface area contributed by atoms with Gasteiger partial charge in [0.15, 0.2) is 0 Å². The fourth-order valence-electron chi connectivity index (χ4n) is 3.07. The fraction of sp³-hybridized carbons (Fsp3) is 0.526. The van der Waals surface area contributed by atoms with Crippen molar-refractivity contribution < 1.29 is 0 Å². The maximum absolute atomic E-state index is 4.18. The van der Waals surface area contributed by atoms with Gasteiger partial charge in [0.25, 0.3) is 0 Å². The van der Waals surface area contributed by atoms with Crippen LogP contribution in [-0.2, 0) is 13.0 Å². The van der Waals surface area contributed by atoms with E-state index in [0.717, 1.165) is 18.9 Å². The summed E-state index contributed by atoms with van der Waals surface area (Å²) >= 11 is 4.36. The molecule has 1 aliphatic rings. The summed E-state index contributed by atoms with van der Waals surface area (Å²) in [5.74, 6) is 3.38. The molecule has 0 amide bonds. The summed E-state index contributed by atoms with van der Waals surface area (Å²) in [5.41, 5.74) is 4.30. The van der Waals surface area contributed by atoms with Crippen LogP contribution in [0.1, 0.15) is 30.0 Å². The van der Waals surface area contributed by atoms with Gasteiger partial charge in [0, 0.05) is 18.9 Å². The Morgan fingerprint density at radius 2 is 2.04 bits per heavy atom. The first-order chi connectivity index (χ1) is 11.1. The Morgan fingerprint density at radius 1 is 1.26 bits per heavy atom. The summed E-state index contributed by atoms with van der Waals surface area (Å²) in [6.07, 6.45) is 8.24. The number of benzene rings is 1. The summed E-state index contributed by atoms with van der Waals surface area (Å²) in [6.45, 7) is 7.86. The molecule has 2 nitrogen and oxygen atoms in total. The van der Waals surface area contributed by atoms with Gasteiger partial charge in [-0.1, -0.05) is 30.7 Å². The van der Waals surface area contributed by atoms with Crippen molar-refractivity contribution >= 4 is 23.5 Å². The number of aromatic nitrogens is 2. The molecule has 0 saturated carbocycles. The number of rotatable bonds is 5. The minimum atomic E-state index is 0.302. The van der Waals surface area contributed by atoms with Crippen LogP contribution in [0.25, 0.3) is 0 Å². The summed E-state index contributed by atoms with van der Waals surface area (Å²) < 4.78 is 2.51. The molecule has 2 heterocycles. The highest BCUT2D eigenvalue weighted by Crippen LogP contribution is 2.49. The Hall–Kier alpha value is -0.870. The smallest absolute Gasteiger partial charge is 0.0945 e. The molecule has 0 N–H and O–H groups in total. The van der Waals surface area contributed by atoms with Crippen molar-refractivity contribution in [2.75, 3.05) is 11.5 Å². The zero-order valence-electron chi connectivity index (χ0n) is 14.3. The molecule has 1 aromatic heterocycles. The molecule has 1 fully saturated rings. The topological polar surface area (TPSA) is 17.8 Å². The van der Waals surface area contributed by atoms with E-state index >= 15 is 0 Å². The lowest BCUT2D eigenvalue weighted by molar-refractivity contribution is 0.585. The average molecular weight is 347 g/mol. The van der Waals surface area contributed by atoms with E-state index in [4.69, 9.17) is 0 Å². The van der Waals surface area contributed by atoms with Crippen molar-refractivity contribution in [3.8, 4) is 0 Å². The van der Waals surface area contributed by atoms with Gasteiger partial charge in [-0.15, -0.1) is 23.5 Å². The van der Waals surface area contributed by atoms with E-state index < -0.39 is 0 Å². The third-order valence-electron chi connectivity index (χ3n) is 4.53. The highest BCUT2D eigenvalue weighted by molar-refractivity contribution is 8.18. The standard InChI is InChI=1S/C19H26N2S2/c1-15-4-5-18(17(3)10-15)11-19(22-12-16(2)13-23-19)6-8-21-9-7-20-14-21/h4-5,7,9-10,14,16H,6,8,11-13H2,1-3H3. The van der Waals surface area contributed by atoms with Crippen molar-refractivity contribution in [1.82, 2.24) is 9.55 Å². The minimum Gasteiger partial charge on any atom is -0.337 e. The summed E-state index contributed by atoms with van der Waals surface area (Å²) in [5, 5.41) is 0. The molecule has 0 radical (unpaired) electrons. The third kappa shape index (κ3) is 4.36. The summed E-state index contributed by atoms with van der Waals surface area (Å²) in [4.78, 5) is 4.18. The molecule has 3 rings (SSSR count). The normalized spacial score (nSPS) is 24.7. The zero-order chi connectivity index (χ0) is 16.3. The van der Waals surface area contributed by atoms with Crippen molar-refractivity contribution in [3.63, 3.8) is 0 Å². The minimum absolute atomic E-state index is 0.302. The Bertz CT molecular complexity index is 629. The molecular weight excluding hydrogens is 320 g/mol. The van der Waals surface area contributed by atoms with E-state index in [2.05, 4.69) is 78.2 Å². The van der Waals surface area contributed by atoms with Gasteiger partial charge < -0.3 is 4.57 Å². The molecular formula is C19H26N2S2. The number of hydrogen-bond acceptors (Lipinski definition) is 3. The van der Waals surface area contributed by atoms with Crippen LogP contribution in [0.4, 0.5) is 0 Å². The van der Waals surface area contributed by atoms with Crippen LogP contribution in [-0.4, -0.2) is 25.1 Å². The second-order valence-corrected chi connectivity index (χ2v) is 9.86. The number of thioether (sulfide) groups is 2. The SMILES string of the molecule is Cc1ccc(CC2(CCn3ccnc3)SCC(C)CS2)c(C)c1. The highest BCUT2D eigenvalue weighted by Gasteiger charge is 2.36. The highest BCUT2D eigenvalue weighted by atomic mass is 32.2. The van der Waals surface area contributed by atoms with Crippen molar-refractivity contribution in [2.24, 2.45) is 5.92 Å². The van der Waals surface area contributed by atoms with Crippen LogP contribution < -0.4 is 0 Å². The average Bonchev–Trinajstić information content (AvgIpc) is 3.05. The monoisotopic (exact) mass is 346 g/mol. The Labute approximate surface area is 148 Å². The van der Waals surface area contributed by atoms with Gasteiger partial charge in [0.1, 0.15) is 0 Å². The van der Waals surface area contributed by atoms with Gasteiger partial charge in [0.2, 0.25) is 0 Å². The van der Waals surface area contributed by atoms with E-state index in [0.29, 0.717) is 4.08 Å². The number of aryl methyl sites for hydroxylation is 3. The first-order valence-electron chi connectivity index (χ1n) is 8.36. The lowest BCUT2D eigenvalue weighted by Crippen LogP contribution is -2.32. The molecule has 0 aliphatic carbocycles. The van der Waals surface area contributed by atoms with Crippen LogP contribution >= 0.6 is 23.5 Å². The van der Waals surface area contributed by atoms with Gasteiger partial charge in [-0.2, -0.15) is 0 Å². The van der Waals surface area contributed by atoms with E-state index in [1.807, 2.05) is 12.5 Å². The third-order valence-corrected chi connectivity index (χ3v) is 8.46. The van der Waals surface area contributed by atoms with E-state index in [9.17, 15) is 0 Å². The number of hydrogen-bond donors (Lipinski definition) is 0. The van der Waals surface area contributed by atoms with Crippen LogP contribution in [0.5, 0.6) is 0 Å². The van der Waals surface area contributed by atoms with Gasteiger partial charge in [0.05, 0.1) is 10.4 Å². The van der Waals surface area contributed by atoms with E-state index in [1.165, 1.54) is 34.6 Å². The molecule has 1 aliphatic heterocycles. The quantitative estimate of drug-likeness (QED) is 0.763. The van der Waals surface area contributed by atoms with Crippen LogP contribution in [0, 0.1) is 19.8 Å². The molecule has 1 saturated heterocycles. The van der Waals surface area contributed by atoms with Gasteiger partial charge in [-0.3, -0.25) is 0 Å². The maximum Gasteiger partial charge on any atom is 0.0945 e. The molecule has 1 aromatic carbocycles. The van der Waals surface area contributed by atoms with Crippen molar-refractivity contribution in [2.45, 2.75) is 44.2 Å². The first-order valence-corrected chi connectivity index (χ1v) is 10.3. The van der Waals surface area contributed by atoms with Gasteiger partial charge in [-0.05, 0) is 55.2 Å². The van der Waals surface area contributed by atoms with Crippen molar-refractivity contribution in [1.29, 1.82) is 0 Å². The molecule has 0 unspecified atom stereocenters. The zero-order valence-corrected chi connectivity index (χ0v) is 15.9. The Balaban J connectivity index is 1.77. The molecule has 124 valence electrons. The Morgan fingerprint density at radius 3 is 2.70 bits per heavy atom. The lowest BCUT2D eigenvalue weighted by Gasteiger charge is -2.39. The second kappa shape index (κ2) is 7.35. The summed E-state index contributed by atoms with van der Waals surface area (Å²) in [7, 11) is 0. The molecule has 23 heavy (non-hydrogen) atoms. The fourth-order valence-corrected chi connectivity index (χ4v) is 6.35. The molecule has 2 aromatic rings. The van der Waals surface area contributed by atoms with Crippen molar-refractivity contribution in [3.05, 3.63) is 53.6 Å². The molecule has 0 spiro atoms. The van der Waals surface area contributed by atoms with E-state index in [-0.39, 0.29) is 0 Å². The van der Waals surface area contributed by atoms with Gasteiger partial charge in [-0.25, -0.2) is 4.98 Å². The Kier molecular flexibility index (Phi) is 5.42. The van der Waals surface area contributed by atoms with Crippen LogP contribution in [0.15, 0.2) is 36.9 Å². The molecule has 4 heteroatoms. The number of imidazole rings is 1. The van der Waals surface area contributed by atoms with Gasteiger partial charge >= 0.3 is 0 Å². The summed E-state index contributed by atoms with van der Waals surface area (Å²) in [6, 6.07) is 6.91.